The topological polar surface area (TPSA) is 88.2 Å². The molecule has 3 aliphatic heterocycles. The molecule has 8 nitrogen and oxygen atoms in total. The van der Waals surface area contributed by atoms with Crippen molar-refractivity contribution in [2.24, 2.45) is 10.8 Å². The summed E-state index contributed by atoms with van der Waals surface area (Å²) in [5.74, 6) is 0.548. The maximum Gasteiger partial charge on any atom is 0.325 e. The maximum atomic E-state index is 13.3. The predicted octanol–water partition coefficient (Wildman–Crippen LogP) is 2.61. The van der Waals surface area contributed by atoms with Crippen molar-refractivity contribution in [1.82, 2.24) is 15.1 Å². The third-order valence-corrected chi connectivity index (χ3v) is 7.25. The van der Waals surface area contributed by atoms with E-state index in [9.17, 15) is 14.4 Å². The molecule has 2 saturated heterocycles. The fourth-order valence-corrected chi connectivity index (χ4v) is 6.22. The first-order chi connectivity index (χ1) is 14.5. The van der Waals surface area contributed by atoms with E-state index in [4.69, 9.17) is 9.47 Å². The smallest absolute Gasteiger partial charge is 0.325 e. The molecule has 8 heteroatoms. The van der Waals surface area contributed by atoms with Crippen molar-refractivity contribution in [3.05, 3.63) is 23.8 Å². The third-order valence-electron chi connectivity index (χ3n) is 7.25. The lowest BCUT2D eigenvalue weighted by molar-refractivity contribution is -0.139. The quantitative estimate of drug-likeness (QED) is 0.750. The molecule has 166 valence electrons. The highest BCUT2D eigenvalue weighted by atomic mass is 16.7. The standard InChI is InChI=1S/C23H29N3O5/c1-21(2)8-15-9-22(3,11-21)12-26(15)18(27)10-25-19(28)23(4,24-20(25)29)14-5-6-16-17(7-14)31-13-30-16/h5-7,15H,8-13H2,1-4H3,(H,24,29)/t15-,22-,23-/m1/s1. The lowest BCUT2D eigenvalue weighted by Gasteiger charge is -2.39. The Hall–Kier alpha value is -2.77. The molecule has 31 heavy (non-hydrogen) atoms. The van der Waals surface area contributed by atoms with E-state index < -0.39 is 17.5 Å². The molecule has 4 aliphatic rings. The zero-order chi connectivity index (χ0) is 22.2. The van der Waals surface area contributed by atoms with Gasteiger partial charge >= 0.3 is 6.03 Å². The number of rotatable bonds is 3. The second-order valence-corrected chi connectivity index (χ2v) is 10.7. The summed E-state index contributed by atoms with van der Waals surface area (Å²) in [5.41, 5.74) is -0.379. The zero-order valence-electron chi connectivity index (χ0n) is 18.5. The number of carbonyl (C=O) groups is 3. The van der Waals surface area contributed by atoms with Crippen molar-refractivity contribution < 1.29 is 23.9 Å². The molecule has 3 fully saturated rings. The van der Waals surface area contributed by atoms with Crippen LogP contribution in [0.15, 0.2) is 18.2 Å². The monoisotopic (exact) mass is 427 g/mol. The highest BCUT2D eigenvalue weighted by Gasteiger charge is 2.53. The van der Waals surface area contributed by atoms with Crippen LogP contribution in [0.2, 0.25) is 0 Å². The van der Waals surface area contributed by atoms with E-state index in [2.05, 4.69) is 26.1 Å². The van der Waals surface area contributed by atoms with E-state index in [0.29, 0.717) is 23.6 Å². The van der Waals surface area contributed by atoms with Crippen LogP contribution in [0.25, 0.3) is 0 Å². The van der Waals surface area contributed by atoms with Crippen LogP contribution in [0, 0.1) is 10.8 Å². The van der Waals surface area contributed by atoms with Crippen LogP contribution in [0.1, 0.15) is 52.5 Å². The van der Waals surface area contributed by atoms with E-state index in [1.54, 1.807) is 25.1 Å². The molecule has 4 amide bonds. The Morgan fingerprint density at radius 1 is 1.13 bits per heavy atom. The summed E-state index contributed by atoms with van der Waals surface area (Å²) in [4.78, 5) is 42.1. The number of benzene rings is 1. The highest BCUT2D eigenvalue weighted by Crippen LogP contribution is 2.52. The van der Waals surface area contributed by atoms with Gasteiger partial charge in [0, 0.05) is 12.6 Å². The first kappa shape index (κ1) is 20.2. The number of hydrogen-bond acceptors (Lipinski definition) is 5. The summed E-state index contributed by atoms with van der Waals surface area (Å²) in [5, 5.41) is 2.77. The van der Waals surface area contributed by atoms with Gasteiger partial charge in [0.1, 0.15) is 12.1 Å². The van der Waals surface area contributed by atoms with Crippen molar-refractivity contribution in [2.75, 3.05) is 19.9 Å². The number of hydrogen-bond donors (Lipinski definition) is 1. The largest absolute Gasteiger partial charge is 0.454 e. The molecule has 0 unspecified atom stereocenters. The van der Waals surface area contributed by atoms with Gasteiger partial charge in [0.05, 0.1) is 0 Å². The van der Waals surface area contributed by atoms with Gasteiger partial charge < -0.3 is 19.7 Å². The Kier molecular flexibility index (Phi) is 4.14. The number of urea groups is 1. The Labute approximate surface area is 181 Å². The Morgan fingerprint density at radius 2 is 1.87 bits per heavy atom. The first-order valence-corrected chi connectivity index (χ1v) is 10.8. The fourth-order valence-electron chi connectivity index (χ4n) is 6.22. The van der Waals surface area contributed by atoms with Gasteiger partial charge in [-0.2, -0.15) is 0 Å². The average Bonchev–Trinajstić information content (AvgIpc) is 3.30. The minimum Gasteiger partial charge on any atom is -0.454 e. The summed E-state index contributed by atoms with van der Waals surface area (Å²) in [7, 11) is 0. The highest BCUT2D eigenvalue weighted by molar-refractivity contribution is 6.09. The lowest BCUT2D eigenvalue weighted by atomic mass is 9.65. The number of ether oxygens (including phenoxy) is 2. The Balaban J connectivity index is 1.34. The van der Waals surface area contributed by atoms with Gasteiger partial charge in [0.25, 0.3) is 5.91 Å². The van der Waals surface area contributed by atoms with Crippen molar-refractivity contribution in [2.45, 2.75) is 58.5 Å². The number of nitrogens with zero attached hydrogens (tertiary/aromatic N) is 2. The molecule has 1 N–H and O–H groups in total. The molecule has 1 aromatic carbocycles. The van der Waals surface area contributed by atoms with Crippen LogP contribution in [0.4, 0.5) is 4.79 Å². The number of amides is 4. The van der Waals surface area contributed by atoms with Gasteiger partial charge in [-0.15, -0.1) is 0 Å². The Bertz CT molecular complexity index is 991. The SMILES string of the molecule is CC1(C)C[C@@H]2C[C@@](C)(CN2C(=O)CN2C(=O)N[C@](C)(c3ccc4c(c3)OCO4)C2=O)C1. The third kappa shape index (κ3) is 3.15. The van der Waals surface area contributed by atoms with Crippen LogP contribution >= 0.6 is 0 Å². The van der Waals surface area contributed by atoms with E-state index in [-0.39, 0.29) is 36.1 Å². The number of nitrogens with one attached hydrogen (secondary N) is 1. The van der Waals surface area contributed by atoms with Crippen LogP contribution < -0.4 is 14.8 Å². The first-order valence-electron chi connectivity index (χ1n) is 10.8. The summed E-state index contributed by atoms with van der Waals surface area (Å²) in [6.07, 6.45) is 3.01. The number of likely N-dealkylation sites (tertiary alicyclic amines) is 1. The normalized spacial score (nSPS) is 33.1. The average molecular weight is 428 g/mol. The lowest BCUT2D eigenvalue weighted by Crippen LogP contribution is -2.46. The van der Waals surface area contributed by atoms with Gasteiger partial charge in [0.2, 0.25) is 12.7 Å². The second kappa shape index (κ2) is 6.37. The van der Waals surface area contributed by atoms with Gasteiger partial charge in [-0.25, -0.2) is 4.79 Å². The van der Waals surface area contributed by atoms with Crippen LogP contribution in [-0.2, 0) is 15.1 Å². The van der Waals surface area contributed by atoms with E-state index >= 15 is 0 Å². The zero-order valence-corrected chi connectivity index (χ0v) is 18.5. The van der Waals surface area contributed by atoms with Crippen molar-refractivity contribution in [3.63, 3.8) is 0 Å². The second-order valence-electron chi connectivity index (χ2n) is 10.7. The van der Waals surface area contributed by atoms with Crippen molar-refractivity contribution in [1.29, 1.82) is 0 Å². The fraction of sp³-hybridized carbons (Fsp3) is 0.609. The van der Waals surface area contributed by atoms with Crippen molar-refractivity contribution >= 4 is 17.8 Å². The minimum absolute atomic E-state index is 0.0976. The molecule has 2 bridgehead atoms. The van der Waals surface area contributed by atoms with Gasteiger partial charge in [-0.1, -0.05) is 26.8 Å². The molecule has 0 radical (unpaired) electrons. The molecule has 0 spiro atoms. The van der Waals surface area contributed by atoms with Crippen LogP contribution in [-0.4, -0.2) is 53.6 Å². The van der Waals surface area contributed by atoms with Gasteiger partial charge in [0.15, 0.2) is 11.5 Å². The summed E-state index contributed by atoms with van der Waals surface area (Å²) in [6, 6.07) is 4.79. The molecule has 0 aromatic heterocycles. The summed E-state index contributed by atoms with van der Waals surface area (Å²) in [6.45, 7) is 8.96. The molecule has 3 atom stereocenters. The molecule has 1 aliphatic carbocycles. The number of carbonyl (C=O) groups excluding carboxylic acids is 3. The van der Waals surface area contributed by atoms with Gasteiger partial charge in [-0.05, 0) is 54.7 Å². The van der Waals surface area contributed by atoms with Crippen LogP contribution in [0.3, 0.4) is 0 Å². The number of fused-ring (bicyclic) bond motifs is 3. The van der Waals surface area contributed by atoms with Crippen LogP contribution in [0.5, 0.6) is 11.5 Å². The molecule has 1 aromatic rings. The minimum atomic E-state index is -1.26. The maximum absolute atomic E-state index is 13.3. The molecule has 3 heterocycles. The van der Waals surface area contributed by atoms with Crippen molar-refractivity contribution in [3.8, 4) is 11.5 Å². The Morgan fingerprint density at radius 3 is 2.65 bits per heavy atom. The summed E-state index contributed by atoms with van der Waals surface area (Å²) < 4.78 is 10.7. The van der Waals surface area contributed by atoms with E-state index in [1.165, 1.54) is 0 Å². The molecular weight excluding hydrogens is 398 g/mol. The molecular formula is C23H29N3O5. The summed E-state index contributed by atoms with van der Waals surface area (Å²) >= 11 is 0. The molecule has 1 saturated carbocycles. The number of imide groups is 1. The predicted molar refractivity (Wildman–Crippen MR) is 111 cm³/mol. The van der Waals surface area contributed by atoms with E-state index in [1.807, 2.05) is 4.90 Å². The van der Waals surface area contributed by atoms with Gasteiger partial charge in [-0.3, -0.25) is 14.5 Å². The molecule has 5 rings (SSSR count). The van der Waals surface area contributed by atoms with E-state index in [0.717, 1.165) is 24.2 Å².